The van der Waals surface area contributed by atoms with Crippen LogP contribution in [0.1, 0.15) is 6.92 Å². The zero-order valence-electron chi connectivity index (χ0n) is 7.57. The SMILES string of the molecule is CC(N)=CC(N)=Nc1ccccc1. The molecule has 1 rings (SSSR count). The quantitative estimate of drug-likeness (QED) is 0.529. The molecule has 0 aliphatic carbocycles. The number of allylic oxidation sites excluding steroid dienone is 1. The minimum Gasteiger partial charge on any atom is -0.402 e. The summed E-state index contributed by atoms with van der Waals surface area (Å²) in [6, 6.07) is 9.51. The molecular formula is C10H13N3. The van der Waals surface area contributed by atoms with Crippen molar-refractivity contribution in [2.45, 2.75) is 6.92 Å². The Labute approximate surface area is 77.8 Å². The summed E-state index contributed by atoms with van der Waals surface area (Å²) < 4.78 is 0. The smallest absolute Gasteiger partial charge is 0.125 e. The lowest BCUT2D eigenvalue weighted by Crippen LogP contribution is -2.09. The molecule has 0 aliphatic rings. The van der Waals surface area contributed by atoms with Gasteiger partial charge < -0.3 is 11.5 Å². The standard InChI is InChI=1S/C10H13N3/c1-8(11)7-10(12)13-9-5-3-2-4-6-9/h2-7H,11H2,1H3,(H2,12,13). The van der Waals surface area contributed by atoms with Gasteiger partial charge >= 0.3 is 0 Å². The van der Waals surface area contributed by atoms with Crippen molar-refractivity contribution in [2.75, 3.05) is 0 Å². The van der Waals surface area contributed by atoms with Gasteiger partial charge in [0.25, 0.3) is 0 Å². The topological polar surface area (TPSA) is 64.4 Å². The van der Waals surface area contributed by atoms with E-state index < -0.39 is 0 Å². The fraction of sp³-hybridized carbons (Fsp3) is 0.100. The number of para-hydroxylation sites is 1. The predicted molar refractivity (Wildman–Crippen MR) is 55.7 cm³/mol. The van der Waals surface area contributed by atoms with Crippen LogP contribution < -0.4 is 11.5 Å². The van der Waals surface area contributed by atoms with Gasteiger partial charge in [0.05, 0.1) is 5.69 Å². The van der Waals surface area contributed by atoms with Crippen molar-refractivity contribution in [2.24, 2.45) is 16.5 Å². The predicted octanol–water partition coefficient (Wildman–Crippen LogP) is 1.54. The average molecular weight is 175 g/mol. The maximum atomic E-state index is 5.60. The molecule has 3 nitrogen and oxygen atoms in total. The fourth-order valence-electron chi connectivity index (χ4n) is 0.917. The molecule has 0 heterocycles. The molecule has 0 radical (unpaired) electrons. The molecule has 0 saturated carbocycles. The van der Waals surface area contributed by atoms with Crippen LogP contribution in [0.25, 0.3) is 0 Å². The van der Waals surface area contributed by atoms with Crippen molar-refractivity contribution < 1.29 is 0 Å². The molecule has 3 heteroatoms. The van der Waals surface area contributed by atoms with E-state index in [-0.39, 0.29) is 0 Å². The molecule has 1 aromatic rings. The van der Waals surface area contributed by atoms with E-state index in [9.17, 15) is 0 Å². The highest BCUT2D eigenvalue weighted by molar-refractivity contribution is 5.93. The van der Waals surface area contributed by atoms with Crippen molar-refractivity contribution in [3.63, 3.8) is 0 Å². The molecule has 0 aliphatic heterocycles. The summed E-state index contributed by atoms with van der Waals surface area (Å²) in [5.41, 5.74) is 12.5. The zero-order chi connectivity index (χ0) is 9.68. The van der Waals surface area contributed by atoms with Crippen LogP contribution in [0.4, 0.5) is 5.69 Å². The Morgan fingerprint density at radius 2 is 1.85 bits per heavy atom. The van der Waals surface area contributed by atoms with E-state index in [4.69, 9.17) is 11.5 Å². The number of nitrogens with zero attached hydrogens (tertiary/aromatic N) is 1. The van der Waals surface area contributed by atoms with Crippen LogP contribution in [-0.2, 0) is 0 Å². The van der Waals surface area contributed by atoms with Gasteiger partial charge in [-0.15, -0.1) is 0 Å². The molecule has 0 unspecified atom stereocenters. The molecule has 0 atom stereocenters. The molecule has 0 saturated heterocycles. The lowest BCUT2D eigenvalue weighted by atomic mass is 10.3. The highest BCUT2D eigenvalue weighted by atomic mass is 14.8. The Morgan fingerprint density at radius 3 is 2.38 bits per heavy atom. The van der Waals surface area contributed by atoms with Crippen molar-refractivity contribution in [1.29, 1.82) is 0 Å². The van der Waals surface area contributed by atoms with Gasteiger partial charge in [0.1, 0.15) is 5.84 Å². The van der Waals surface area contributed by atoms with Crippen molar-refractivity contribution in [3.8, 4) is 0 Å². The number of hydrogen-bond acceptors (Lipinski definition) is 2. The van der Waals surface area contributed by atoms with E-state index in [1.165, 1.54) is 0 Å². The summed E-state index contributed by atoms with van der Waals surface area (Å²) in [7, 11) is 0. The van der Waals surface area contributed by atoms with E-state index in [0.717, 1.165) is 5.69 Å². The second-order valence-electron chi connectivity index (χ2n) is 2.76. The second kappa shape index (κ2) is 4.30. The van der Waals surface area contributed by atoms with Gasteiger partial charge in [-0.1, -0.05) is 18.2 Å². The number of benzene rings is 1. The molecule has 0 fully saturated rings. The molecule has 0 aromatic heterocycles. The largest absolute Gasteiger partial charge is 0.402 e. The number of rotatable bonds is 2. The fourth-order valence-corrected chi connectivity index (χ4v) is 0.917. The summed E-state index contributed by atoms with van der Waals surface area (Å²) >= 11 is 0. The number of nitrogens with two attached hydrogens (primary N) is 2. The van der Waals surface area contributed by atoms with Crippen LogP contribution >= 0.6 is 0 Å². The van der Waals surface area contributed by atoms with E-state index in [1.54, 1.807) is 13.0 Å². The average Bonchev–Trinajstić information content (AvgIpc) is 2.04. The van der Waals surface area contributed by atoms with Gasteiger partial charge in [0.15, 0.2) is 0 Å². The third kappa shape index (κ3) is 3.42. The van der Waals surface area contributed by atoms with Gasteiger partial charge in [-0.3, -0.25) is 0 Å². The number of amidine groups is 1. The molecule has 13 heavy (non-hydrogen) atoms. The van der Waals surface area contributed by atoms with Crippen LogP contribution in [0.2, 0.25) is 0 Å². The normalized spacial score (nSPS) is 13.0. The first kappa shape index (κ1) is 9.32. The lowest BCUT2D eigenvalue weighted by molar-refractivity contribution is 1.31. The molecule has 0 bridgehead atoms. The maximum Gasteiger partial charge on any atom is 0.125 e. The van der Waals surface area contributed by atoms with Gasteiger partial charge in [0, 0.05) is 5.70 Å². The first-order chi connectivity index (χ1) is 6.18. The van der Waals surface area contributed by atoms with E-state index >= 15 is 0 Å². The number of aliphatic imine (C=N–C) groups is 1. The minimum atomic E-state index is 0.422. The van der Waals surface area contributed by atoms with Gasteiger partial charge in [-0.25, -0.2) is 4.99 Å². The van der Waals surface area contributed by atoms with Crippen LogP contribution in [0.5, 0.6) is 0 Å². The molecule has 4 N–H and O–H groups in total. The van der Waals surface area contributed by atoms with E-state index in [2.05, 4.69) is 4.99 Å². The van der Waals surface area contributed by atoms with Gasteiger partial charge in [-0.2, -0.15) is 0 Å². The van der Waals surface area contributed by atoms with Crippen LogP contribution in [0, 0.1) is 0 Å². The van der Waals surface area contributed by atoms with Crippen LogP contribution in [0.15, 0.2) is 47.1 Å². The molecular weight excluding hydrogens is 162 g/mol. The van der Waals surface area contributed by atoms with E-state index in [1.807, 2.05) is 30.3 Å². The highest BCUT2D eigenvalue weighted by Crippen LogP contribution is 2.09. The first-order valence-corrected chi connectivity index (χ1v) is 4.01. The van der Waals surface area contributed by atoms with Crippen molar-refractivity contribution >= 4 is 11.5 Å². The van der Waals surface area contributed by atoms with Gasteiger partial charge in [0.2, 0.25) is 0 Å². The Balaban J connectivity index is 2.83. The summed E-state index contributed by atoms with van der Waals surface area (Å²) in [4.78, 5) is 4.14. The molecule has 0 spiro atoms. The summed E-state index contributed by atoms with van der Waals surface area (Å²) in [6.07, 6.45) is 1.63. The third-order valence-electron chi connectivity index (χ3n) is 1.39. The highest BCUT2D eigenvalue weighted by Gasteiger charge is 1.88. The Bertz CT molecular complexity index is 321. The molecule has 1 aromatic carbocycles. The summed E-state index contributed by atoms with van der Waals surface area (Å²) in [5.74, 6) is 0.422. The van der Waals surface area contributed by atoms with Crippen LogP contribution in [-0.4, -0.2) is 5.84 Å². The van der Waals surface area contributed by atoms with Crippen molar-refractivity contribution in [1.82, 2.24) is 0 Å². The Kier molecular flexibility index (Phi) is 3.09. The Hall–Kier alpha value is -1.77. The maximum absolute atomic E-state index is 5.60. The minimum absolute atomic E-state index is 0.422. The zero-order valence-corrected chi connectivity index (χ0v) is 7.57. The van der Waals surface area contributed by atoms with Crippen molar-refractivity contribution in [3.05, 3.63) is 42.1 Å². The third-order valence-corrected chi connectivity index (χ3v) is 1.39. The number of hydrogen-bond donors (Lipinski definition) is 2. The van der Waals surface area contributed by atoms with Gasteiger partial charge in [-0.05, 0) is 25.1 Å². The lowest BCUT2D eigenvalue weighted by Gasteiger charge is -1.95. The van der Waals surface area contributed by atoms with E-state index in [0.29, 0.717) is 11.5 Å². The Morgan fingerprint density at radius 1 is 1.23 bits per heavy atom. The second-order valence-corrected chi connectivity index (χ2v) is 2.76. The summed E-state index contributed by atoms with van der Waals surface area (Å²) in [6.45, 7) is 1.77. The molecule has 68 valence electrons. The van der Waals surface area contributed by atoms with Crippen LogP contribution in [0.3, 0.4) is 0 Å². The first-order valence-electron chi connectivity index (χ1n) is 4.01. The summed E-state index contributed by atoms with van der Waals surface area (Å²) in [5, 5.41) is 0. The monoisotopic (exact) mass is 175 g/mol. The molecule has 0 amide bonds.